The third kappa shape index (κ3) is 5.12. The van der Waals surface area contributed by atoms with E-state index in [9.17, 15) is 13.2 Å². The lowest BCUT2D eigenvalue weighted by atomic mass is 10.1. The van der Waals surface area contributed by atoms with Gasteiger partial charge in [-0.1, -0.05) is 6.07 Å². The van der Waals surface area contributed by atoms with Crippen molar-refractivity contribution in [3.63, 3.8) is 0 Å². The van der Waals surface area contributed by atoms with Crippen LogP contribution >= 0.6 is 0 Å². The third-order valence-electron chi connectivity index (χ3n) is 4.46. The van der Waals surface area contributed by atoms with Crippen molar-refractivity contribution >= 4 is 27.6 Å². The Bertz CT molecular complexity index is 1170. The molecule has 0 saturated carbocycles. The van der Waals surface area contributed by atoms with Gasteiger partial charge < -0.3 is 0 Å². The molecule has 9 heteroatoms. The van der Waals surface area contributed by atoms with E-state index in [4.69, 9.17) is 0 Å². The maximum atomic E-state index is 12.6. The minimum absolute atomic E-state index is 0.185. The molecule has 8 nitrogen and oxygen atoms in total. The van der Waals surface area contributed by atoms with Crippen molar-refractivity contribution in [2.75, 3.05) is 10.1 Å². The molecule has 0 unspecified atom stereocenters. The van der Waals surface area contributed by atoms with E-state index in [1.807, 2.05) is 33.8 Å². The first kappa shape index (κ1) is 21.3. The number of sulfonamides is 1. The predicted molar refractivity (Wildman–Crippen MR) is 116 cm³/mol. The maximum Gasteiger partial charge on any atom is 0.269 e. The molecule has 0 aliphatic rings. The van der Waals surface area contributed by atoms with E-state index >= 15 is 0 Å². The molecule has 156 valence electrons. The van der Waals surface area contributed by atoms with Gasteiger partial charge in [-0.15, -0.1) is 0 Å². The molecule has 3 aromatic rings. The molecule has 0 saturated heterocycles. The van der Waals surface area contributed by atoms with Crippen molar-refractivity contribution in [2.45, 2.75) is 32.6 Å². The number of hydrogen-bond donors (Lipinski definition) is 3. The zero-order valence-corrected chi connectivity index (χ0v) is 18.0. The summed E-state index contributed by atoms with van der Waals surface area (Å²) in [5.41, 5.74) is 9.37. The molecule has 1 aromatic heterocycles. The third-order valence-corrected chi connectivity index (χ3v) is 5.84. The molecule has 30 heavy (non-hydrogen) atoms. The molecule has 0 aliphatic heterocycles. The number of nitrogens with zero attached hydrogens (tertiary/aromatic N) is 2. The van der Waals surface area contributed by atoms with Gasteiger partial charge in [0.2, 0.25) is 5.95 Å². The molecule has 2 aromatic carbocycles. The summed E-state index contributed by atoms with van der Waals surface area (Å²) in [4.78, 5) is 20.9. The number of aromatic nitrogens is 2. The first-order valence-electron chi connectivity index (χ1n) is 9.23. The van der Waals surface area contributed by atoms with Gasteiger partial charge in [0, 0.05) is 22.6 Å². The molecular weight excluding hydrogens is 402 g/mol. The standard InChI is InChI=1S/C21H23N5O3S/c1-13-5-10-19(11-14(13)2)30(28,29)26-18-8-6-17(7-9-18)20(27)24-25-21-22-15(3)12-16(4)23-21/h5-12,26H,1-4H3,(H,24,27)(H,22,23,25). The van der Waals surface area contributed by atoms with Gasteiger partial charge >= 0.3 is 0 Å². The van der Waals surface area contributed by atoms with Crippen molar-refractivity contribution < 1.29 is 13.2 Å². The number of carbonyl (C=O) groups is 1. The lowest BCUT2D eigenvalue weighted by molar-refractivity contribution is 0.0962. The van der Waals surface area contributed by atoms with Gasteiger partial charge in [-0.3, -0.25) is 20.4 Å². The fraction of sp³-hybridized carbons (Fsp3) is 0.190. The summed E-state index contributed by atoms with van der Waals surface area (Å²) in [6.45, 7) is 7.45. The van der Waals surface area contributed by atoms with Gasteiger partial charge in [-0.05, 0) is 81.3 Å². The van der Waals surface area contributed by atoms with Crippen molar-refractivity contribution in [3.8, 4) is 0 Å². The highest BCUT2D eigenvalue weighted by atomic mass is 32.2. The Morgan fingerprint density at radius 3 is 2.07 bits per heavy atom. The number of aryl methyl sites for hydroxylation is 4. The van der Waals surface area contributed by atoms with Gasteiger partial charge in [-0.25, -0.2) is 18.4 Å². The Balaban J connectivity index is 1.66. The quantitative estimate of drug-likeness (QED) is 0.523. The van der Waals surface area contributed by atoms with E-state index in [1.165, 1.54) is 24.3 Å². The smallest absolute Gasteiger partial charge is 0.269 e. The van der Waals surface area contributed by atoms with E-state index in [0.717, 1.165) is 22.5 Å². The Morgan fingerprint density at radius 1 is 0.833 bits per heavy atom. The highest BCUT2D eigenvalue weighted by molar-refractivity contribution is 7.92. The highest BCUT2D eigenvalue weighted by Crippen LogP contribution is 2.19. The van der Waals surface area contributed by atoms with E-state index in [0.29, 0.717) is 17.2 Å². The number of carbonyl (C=O) groups excluding carboxylic acids is 1. The maximum absolute atomic E-state index is 12.6. The van der Waals surface area contributed by atoms with Crippen LogP contribution in [-0.2, 0) is 10.0 Å². The zero-order valence-electron chi connectivity index (χ0n) is 17.1. The lowest BCUT2D eigenvalue weighted by Gasteiger charge is -2.11. The Labute approximate surface area is 175 Å². The van der Waals surface area contributed by atoms with Crippen LogP contribution in [0.15, 0.2) is 53.4 Å². The molecule has 0 atom stereocenters. The monoisotopic (exact) mass is 425 g/mol. The molecule has 0 aliphatic carbocycles. The Morgan fingerprint density at radius 2 is 1.47 bits per heavy atom. The summed E-state index contributed by atoms with van der Waals surface area (Å²) >= 11 is 0. The molecule has 0 spiro atoms. The van der Waals surface area contributed by atoms with Crippen LogP contribution in [0.2, 0.25) is 0 Å². The fourth-order valence-corrected chi connectivity index (χ4v) is 3.89. The summed E-state index contributed by atoms with van der Waals surface area (Å²) in [6.07, 6.45) is 0. The normalized spacial score (nSPS) is 11.1. The molecule has 0 radical (unpaired) electrons. The molecule has 1 heterocycles. The summed E-state index contributed by atoms with van der Waals surface area (Å²) in [7, 11) is -3.72. The van der Waals surface area contributed by atoms with Crippen molar-refractivity contribution in [2.24, 2.45) is 0 Å². The SMILES string of the molecule is Cc1cc(C)nc(NNC(=O)c2ccc(NS(=O)(=O)c3ccc(C)c(C)c3)cc2)n1. The molecule has 1 amide bonds. The minimum Gasteiger partial charge on any atom is -0.280 e. The van der Waals surface area contributed by atoms with E-state index in [-0.39, 0.29) is 4.90 Å². The van der Waals surface area contributed by atoms with Crippen LogP contribution < -0.4 is 15.6 Å². The number of benzene rings is 2. The molecule has 0 bridgehead atoms. The molecule has 3 N–H and O–H groups in total. The second kappa shape index (κ2) is 8.50. The van der Waals surface area contributed by atoms with E-state index in [1.54, 1.807) is 18.2 Å². The van der Waals surface area contributed by atoms with Crippen molar-refractivity contribution in [3.05, 3.63) is 76.6 Å². The van der Waals surface area contributed by atoms with Crippen LogP contribution in [0.25, 0.3) is 0 Å². The van der Waals surface area contributed by atoms with Crippen LogP contribution in [0.3, 0.4) is 0 Å². The number of anilines is 2. The van der Waals surface area contributed by atoms with Crippen LogP contribution in [0.5, 0.6) is 0 Å². The van der Waals surface area contributed by atoms with Gasteiger partial charge in [0.05, 0.1) is 4.90 Å². The van der Waals surface area contributed by atoms with Gasteiger partial charge in [-0.2, -0.15) is 0 Å². The molecular formula is C21H23N5O3S. The van der Waals surface area contributed by atoms with Gasteiger partial charge in [0.25, 0.3) is 15.9 Å². The van der Waals surface area contributed by atoms with E-state index in [2.05, 4.69) is 25.5 Å². The zero-order chi connectivity index (χ0) is 21.9. The van der Waals surface area contributed by atoms with Crippen LogP contribution in [0.1, 0.15) is 32.9 Å². The highest BCUT2D eigenvalue weighted by Gasteiger charge is 2.15. The average molecular weight is 426 g/mol. The van der Waals surface area contributed by atoms with Gasteiger partial charge in [0.15, 0.2) is 0 Å². The lowest BCUT2D eigenvalue weighted by Crippen LogP contribution is -2.30. The van der Waals surface area contributed by atoms with Crippen molar-refractivity contribution in [1.29, 1.82) is 0 Å². The predicted octanol–water partition coefficient (Wildman–Crippen LogP) is 3.27. The van der Waals surface area contributed by atoms with Crippen LogP contribution in [0, 0.1) is 27.7 Å². The molecule has 3 rings (SSSR count). The first-order valence-corrected chi connectivity index (χ1v) is 10.7. The number of hydrogen-bond acceptors (Lipinski definition) is 6. The van der Waals surface area contributed by atoms with Crippen LogP contribution in [0.4, 0.5) is 11.6 Å². The Kier molecular flexibility index (Phi) is 6.02. The minimum atomic E-state index is -3.72. The second-order valence-corrected chi connectivity index (χ2v) is 8.66. The number of nitrogens with one attached hydrogen (secondary N) is 3. The number of rotatable bonds is 6. The number of amides is 1. The van der Waals surface area contributed by atoms with Gasteiger partial charge in [0.1, 0.15) is 0 Å². The average Bonchev–Trinajstić information content (AvgIpc) is 2.67. The fourth-order valence-electron chi connectivity index (χ4n) is 2.75. The summed E-state index contributed by atoms with van der Waals surface area (Å²) in [5.74, 6) is -0.111. The summed E-state index contributed by atoms with van der Waals surface area (Å²) < 4.78 is 27.7. The second-order valence-electron chi connectivity index (χ2n) is 6.98. The first-order chi connectivity index (χ1) is 14.1. The van der Waals surface area contributed by atoms with Crippen molar-refractivity contribution in [1.82, 2.24) is 15.4 Å². The number of hydrazine groups is 1. The Hall–Kier alpha value is -3.46. The molecule has 0 fully saturated rings. The summed E-state index contributed by atoms with van der Waals surface area (Å²) in [5, 5.41) is 0. The topological polar surface area (TPSA) is 113 Å². The largest absolute Gasteiger partial charge is 0.280 e. The summed E-state index contributed by atoms with van der Waals surface area (Å²) in [6, 6.07) is 12.9. The van der Waals surface area contributed by atoms with E-state index < -0.39 is 15.9 Å². The van der Waals surface area contributed by atoms with Crippen LogP contribution in [-0.4, -0.2) is 24.3 Å².